The van der Waals surface area contributed by atoms with Crippen LogP contribution in [0.3, 0.4) is 0 Å². The van der Waals surface area contributed by atoms with Crippen LogP contribution in [0.4, 0.5) is 0 Å². The molecule has 0 bridgehead atoms. The van der Waals surface area contributed by atoms with E-state index < -0.39 is 0 Å². The molecule has 5 aliphatic carbocycles. The van der Waals surface area contributed by atoms with Crippen LogP contribution in [0.2, 0.25) is 0 Å². The van der Waals surface area contributed by atoms with Crippen molar-refractivity contribution < 1.29 is 14.3 Å². The maximum Gasteiger partial charge on any atom is 0.201 e. The van der Waals surface area contributed by atoms with Crippen molar-refractivity contribution in [3.05, 3.63) is 23.2 Å². The number of aliphatic hydroxyl groups excluding tert-OH is 1. The molecule has 29 heavy (non-hydrogen) atoms. The summed E-state index contributed by atoms with van der Waals surface area (Å²) in [7, 11) is 0. The number of hydrogen-bond acceptors (Lipinski definition) is 3. The second-order valence-electron chi connectivity index (χ2n) is 11.7. The highest BCUT2D eigenvalue weighted by atomic mass is 16.3. The summed E-state index contributed by atoms with van der Waals surface area (Å²) in [6.45, 7) is 4.92. The van der Waals surface area contributed by atoms with Crippen LogP contribution < -0.4 is 0 Å². The van der Waals surface area contributed by atoms with Crippen LogP contribution in [0.25, 0.3) is 0 Å². The van der Waals surface area contributed by atoms with Crippen molar-refractivity contribution in [3.8, 4) is 0 Å². The van der Waals surface area contributed by atoms with Crippen LogP contribution in [0.15, 0.2) is 10.5 Å². The lowest BCUT2D eigenvalue weighted by atomic mass is 9.45. The van der Waals surface area contributed by atoms with E-state index in [-0.39, 0.29) is 23.2 Å². The molecule has 3 heteroatoms. The molecule has 158 valence electrons. The van der Waals surface area contributed by atoms with Crippen LogP contribution in [-0.2, 0) is 12.8 Å². The first-order valence-electron chi connectivity index (χ1n) is 12.2. The predicted molar refractivity (Wildman–Crippen MR) is 112 cm³/mol. The van der Waals surface area contributed by atoms with Gasteiger partial charge >= 0.3 is 0 Å². The number of aliphatic hydroxyl groups is 1. The van der Waals surface area contributed by atoms with Crippen molar-refractivity contribution in [2.24, 2.45) is 40.4 Å². The van der Waals surface area contributed by atoms with Crippen LogP contribution in [-0.4, -0.2) is 17.0 Å². The van der Waals surface area contributed by atoms with Gasteiger partial charge in [-0.05, 0) is 104 Å². The van der Waals surface area contributed by atoms with Gasteiger partial charge in [0.05, 0.1) is 6.10 Å². The Morgan fingerprint density at radius 3 is 2.59 bits per heavy atom. The average Bonchev–Trinajstić information content (AvgIpc) is 3.18. The second-order valence-corrected chi connectivity index (χ2v) is 11.7. The number of fused-ring (bicyclic) bond motifs is 6. The molecule has 0 aliphatic heterocycles. The summed E-state index contributed by atoms with van der Waals surface area (Å²) >= 11 is 0. The number of hydrogen-bond donors (Lipinski definition) is 1. The molecule has 0 aromatic carbocycles. The highest BCUT2D eigenvalue weighted by Crippen LogP contribution is 2.65. The number of rotatable bonds is 2. The van der Waals surface area contributed by atoms with Gasteiger partial charge in [-0.3, -0.25) is 4.79 Å². The SMILES string of the molecule is C[C@]12CCC3C(CC[C@H]4Cc5oc(C(=O)C6CCC6)cc5C[C@]34C)C1CC[C@@H]2O. The molecule has 3 nitrogen and oxygen atoms in total. The van der Waals surface area contributed by atoms with Crippen LogP contribution in [0, 0.1) is 40.4 Å². The van der Waals surface area contributed by atoms with Crippen molar-refractivity contribution in [1.82, 2.24) is 0 Å². The van der Waals surface area contributed by atoms with E-state index in [2.05, 4.69) is 19.9 Å². The molecule has 6 rings (SSSR count). The molecule has 3 unspecified atom stereocenters. The monoisotopic (exact) mass is 396 g/mol. The maximum absolute atomic E-state index is 12.7. The van der Waals surface area contributed by atoms with Crippen LogP contribution >= 0.6 is 0 Å². The van der Waals surface area contributed by atoms with E-state index in [9.17, 15) is 9.90 Å². The lowest BCUT2D eigenvalue weighted by Gasteiger charge is -2.59. The zero-order chi connectivity index (χ0) is 20.0. The molecule has 0 radical (unpaired) electrons. The van der Waals surface area contributed by atoms with Gasteiger partial charge in [-0.1, -0.05) is 20.3 Å². The van der Waals surface area contributed by atoms with Gasteiger partial charge in [-0.2, -0.15) is 0 Å². The zero-order valence-electron chi connectivity index (χ0n) is 18.1. The predicted octanol–water partition coefficient (Wildman–Crippen LogP) is 5.58. The number of ketones is 1. The highest BCUT2D eigenvalue weighted by Gasteiger charge is 2.60. The molecular formula is C26H36O3. The maximum atomic E-state index is 12.7. The van der Waals surface area contributed by atoms with E-state index in [0.29, 0.717) is 23.0 Å². The molecule has 5 aliphatic rings. The largest absolute Gasteiger partial charge is 0.458 e. The van der Waals surface area contributed by atoms with Gasteiger partial charge in [0, 0.05) is 12.3 Å². The van der Waals surface area contributed by atoms with Gasteiger partial charge in [-0.15, -0.1) is 0 Å². The van der Waals surface area contributed by atoms with Gasteiger partial charge in [0.25, 0.3) is 0 Å². The summed E-state index contributed by atoms with van der Waals surface area (Å²) in [4.78, 5) is 12.7. The summed E-state index contributed by atoms with van der Waals surface area (Å²) in [5.41, 5.74) is 1.81. The highest BCUT2D eigenvalue weighted by molar-refractivity contribution is 5.96. The Bertz CT molecular complexity index is 835. The van der Waals surface area contributed by atoms with E-state index in [1.54, 1.807) is 0 Å². The normalized spacial score (nSPS) is 46.2. The van der Waals surface area contributed by atoms with E-state index in [0.717, 1.165) is 49.7 Å². The van der Waals surface area contributed by atoms with Crippen molar-refractivity contribution >= 4 is 5.78 Å². The topological polar surface area (TPSA) is 50.4 Å². The minimum Gasteiger partial charge on any atom is -0.458 e. The quantitative estimate of drug-likeness (QED) is 0.664. The summed E-state index contributed by atoms with van der Waals surface area (Å²) in [5.74, 6) is 5.16. The summed E-state index contributed by atoms with van der Waals surface area (Å²) in [6, 6.07) is 2.12. The van der Waals surface area contributed by atoms with E-state index in [1.807, 2.05) is 0 Å². The lowest BCUT2D eigenvalue weighted by molar-refractivity contribution is -0.112. The number of carbonyl (C=O) groups is 1. The molecule has 4 saturated carbocycles. The fourth-order valence-corrected chi connectivity index (χ4v) is 8.53. The number of Topliss-reactive ketones (excluding diaryl/α,β-unsaturated/α-hetero) is 1. The van der Waals surface area contributed by atoms with Crippen LogP contribution in [0.5, 0.6) is 0 Å². The average molecular weight is 397 g/mol. The minimum absolute atomic E-state index is 0.0918. The summed E-state index contributed by atoms with van der Waals surface area (Å²) in [6.07, 6.45) is 12.6. The van der Waals surface area contributed by atoms with Crippen molar-refractivity contribution in [2.45, 2.75) is 90.6 Å². The van der Waals surface area contributed by atoms with Gasteiger partial charge in [0.15, 0.2) is 5.76 Å². The Balaban J connectivity index is 1.29. The van der Waals surface area contributed by atoms with Crippen molar-refractivity contribution in [1.29, 1.82) is 0 Å². The molecular weight excluding hydrogens is 360 g/mol. The Labute approximate surface area is 174 Å². The molecule has 1 N–H and O–H groups in total. The molecule has 0 amide bonds. The number of carbonyl (C=O) groups excluding carboxylic acids is 1. The first-order valence-corrected chi connectivity index (χ1v) is 12.2. The summed E-state index contributed by atoms with van der Waals surface area (Å²) in [5, 5.41) is 10.7. The molecule has 0 saturated heterocycles. The van der Waals surface area contributed by atoms with Crippen molar-refractivity contribution in [2.75, 3.05) is 0 Å². The smallest absolute Gasteiger partial charge is 0.201 e. The fraction of sp³-hybridized carbons (Fsp3) is 0.808. The molecule has 0 spiro atoms. The first kappa shape index (κ1) is 18.7. The third kappa shape index (κ3) is 2.49. The van der Waals surface area contributed by atoms with Gasteiger partial charge in [0.2, 0.25) is 5.78 Å². The third-order valence-electron chi connectivity index (χ3n) is 10.6. The van der Waals surface area contributed by atoms with Gasteiger partial charge < -0.3 is 9.52 Å². The Morgan fingerprint density at radius 2 is 1.83 bits per heavy atom. The Kier molecular flexibility index (Phi) is 4.00. The minimum atomic E-state index is -0.0918. The van der Waals surface area contributed by atoms with Gasteiger partial charge in [-0.25, -0.2) is 0 Å². The van der Waals surface area contributed by atoms with E-state index >= 15 is 0 Å². The third-order valence-corrected chi connectivity index (χ3v) is 10.6. The Morgan fingerprint density at radius 1 is 1.03 bits per heavy atom. The van der Waals surface area contributed by atoms with E-state index in [1.165, 1.54) is 44.1 Å². The lowest BCUT2D eigenvalue weighted by Crippen LogP contribution is -2.54. The first-order chi connectivity index (χ1) is 13.9. The molecule has 7 atom stereocenters. The molecule has 1 heterocycles. The van der Waals surface area contributed by atoms with Gasteiger partial charge in [0.1, 0.15) is 5.76 Å². The molecule has 1 aromatic heterocycles. The van der Waals surface area contributed by atoms with Crippen LogP contribution in [0.1, 0.15) is 93.5 Å². The zero-order valence-corrected chi connectivity index (χ0v) is 18.1. The standard InChI is InChI=1S/C26H36O3/c1-25-11-10-20-18(19(25)8-9-23(25)27)7-6-17-13-21-16(14-26(17,20)2)12-22(29-21)24(28)15-4-3-5-15/h12,15,17-20,23,27H,3-11,13-14H2,1-2H3/t17-,18?,19?,20?,23-,25-,26-/m0/s1. The second kappa shape index (κ2) is 6.22. The number of furan rings is 1. The van der Waals surface area contributed by atoms with E-state index in [4.69, 9.17) is 4.42 Å². The molecule has 4 fully saturated rings. The summed E-state index contributed by atoms with van der Waals surface area (Å²) < 4.78 is 6.17. The Hall–Kier alpha value is -1.09. The van der Waals surface area contributed by atoms with Crippen molar-refractivity contribution in [3.63, 3.8) is 0 Å². The fourth-order valence-electron chi connectivity index (χ4n) is 8.53. The molecule has 1 aromatic rings.